The van der Waals surface area contributed by atoms with Crippen molar-refractivity contribution in [3.05, 3.63) is 29.8 Å². The second kappa shape index (κ2) is 6.07. The van der Waals surface area contributed by atoms with Crippen molar-refractivity contribution < 1.29 is 52.7 Å². The predicted molar refractivity (Wildman–Crippen MR) is 65.3 cm³/mol. The van der Waals surface area contributed by atoms with Crippen molar-refractivity contribution in [2.75, 3.05) is 4.72 Å². The molecule has 0 spiro atoms. The average molecular weight is 403 g/mol. The molecule has 0 aliphatic rings. The Balaban J connectivity index is 3.36. The van der Waals surface area contributed by atoms with Gasteiger partial charge in [0.25, 0.3) is 0 Å². The monoisotopic (exact) mass is 403 g/mol. The normalized spacial score (nSPS) is 14.3. The Bertz CT molecular complexity index is 758. The van der Waals surface area contributed by atoms with Gasteiger partial charge in [-0.25, -0.2) is 0 Å². The van der Waals surface area contributed by atoms with E-state index in [0.29, 0.717) is 12.1 Å². The maximum atomic E-state index is 13.4. The lowest BCUT2D eigenvalue weighted by Crippen LogP contribution is -2.64. The van der Waals surface area contributed by atoms with Crippen LogP contribution in [0.3, 0.4) is 0 Å². The molecule has 25 heavy (non-hydrogen) atoms. The minimum absolute atomic E-state index is 0.0996. The van der Waals surface area contributed by atoms with E-state index in [2.05, 4.69) is 0 Å². The molecule has 0 amide bonds. The number of sulfonamides is 1. The van der Waals surface area contributed by atoms with E-state index in [1.54, 1.807) is 0 Å². The van der Waals surface area contributed by atoms with Crippen LogP contribution >= 0.6 is 0 Å². The summed E-state index contributed by atoms with van der Waals surface area (Å²) in [5.41, 5.74) is -1.26. The molecule has 0 fully saturated rings. The minimum atomic E-state index is -7.34. The largest absolute Gasteiger partial charge is 0.460 e. The summed E-state index contributed by atoms with van der Waals surface area (Å²) in [5.74, 6) is -14.7. The molecule has 0 unspecified atom stereocenters. The van der Waals surface area contributed by atoms with E-state index < -0.39 is 39.0 Å². The molecule has 4 nitrogen and oxygen atoms in total. The Kier molecular flexibility index (Phi) is 5.11. The Morgan fingerprint density at radius 1 is 0.880 bits per heavy atom. The van der Waals surface area contributed by atoms with Gasteiger partial charge in [0.1, 0.15) is 6.29 Å². The summed E-state index contributed by atoms with van der Waals surface area (Å²) in [6, 6.07) is 3.17. The van der Waals surface area contributed by atoms with E-state index >= 15 is 0 Å². The van der Waals surface area contributed by atoms with Crippen molar-refractivity contribution in [1.82, 2.24) is 0 Å². The quantitative estimate of drug-likeness (QED) is 0.583. The van der Waals surface area contributed by atoms with Crippen LogP contribution in [-0.2, 0) is 10.0 Å². The van der Waals surface area contributed by atoms with Crippen LogP contribution in [-0.4, -0.2) is 38.0 Å². The molecule has 1 rings (SSSR count). The third-order valence-corrected chi connectivity index (χ3v) is 4.16. The van der Waals surface area contributed by atoms with Crippen LogP contribution in [0.1, 0.15) is 10.4 Å². The summed E-state index contributed by atoms with van der Waals surface area (Å²) < 4.78 is 138. The average Bonchev–Trinajstić information content (AvgIpc) is 2.45. The summed E-state index contributed by atoms with van der Waals surface area (Å²) in [6.45, 7) is 0. The fourth-order valence-electron chi connectivity index (χ4n) is 1.42. The van der Waals surface area contributed by atoms with Crippen molar-refractivity contribution in [3.8, 4) is 0 Å². The van der Waals surface area contributed by atoms with Gasteiger partial charge >= 0.3 is 33.3 Å². The lowest BCUT2D eigenvalue weighted by Gasteiger charge is -2.33. The zero-order valence-electron chi connectivity index (χ0n) is 11.4. The van der Waals surface area contributed by atoms with Crippen LogP contribution < -0.4 is 4.72 Å². The van der Waals surface area contributed by atoms with E-state index in [1.807, 2.05) is 0 Å². The standard InChI is InChI=1S/C11H6F9NO3S/c12-8(13,10(16,17)18)9(14,15)11(19,20)25(23,24)21-7-3-1-2-6(4-7)5-22/h1-5,21H. The Labute approximate surface area is 133 Å². The number of nitrogens with one attached hydrogen (secondary N) is 1. The molecule has 0 heterocycles. The molecule has 0 radical (unpaired) electrons. The van der Waals surface area contributed by atoms with Gasteiger partial charge in [0.05, 0.1) is 0 Å². The molecule has 1 aromatic rings. The number of anilines is 1. The molecular formula is C11H6F9NO3S. The molecule has 0 aromatic heterocycles. The maximum absolute atomic E-state index is 13.4. The van der Waals surface area contributed by atoms with E-state index in [-0.39, 0.29) is 11.8 Å². The fraction of sp³-hybridized carbons (Fsp3) is 0.364. The molecule has 0 bridgehead atoms. The number of hydrogen-bond acceptors (Lipinski definition) is 3. The van der Waals surface area contributed by atoms with Crippen molar-refractivity contribution in [2.24, 2.45) is 0 Å². The molecule has 0 saturated carbocycles. The van der Waals surface area contributed by atoms with Gasteiger partial charge in [0.2, 0.25) is 0 Å². The second-order valence-corrected chi connectivity index (χ2v) is 6.24. The van der Waals surface area contributed by atoms with Crippen LogP contribution in [0.5, 0.6) is 0 Å². The first-order chi connectivity index (χ1) is 11.0. The first kappa shape index (κ1) is 21.1. The molecule has 14 heteroatoms. The van der Waals surface area contributed by atoms with Gasteiger partial charge in [-0.1, -0.05) is 12.1 Å². The van der Waals surface area contributed by atoms with Gasteiger partial charge in [-0.2, -0.15) is 47.9 Å². The molecule has 142 valence electrons. The highest BCUT2D eigenvalue weighted by Gasteiger charge is 2.85. The smallest absolute Gasteiger partial charge is 0.298 e. The highest BCUT2D eigenvalue weighted by Crippen LogP contribution is 2.54. The van der Waals surface area contributed by atoms with Gasteiger partial charge in [0.15, 0.2) is 0 Å². The van der Waals surface area contributed by atoms with Crippen LogP contribution in [0.25, 0.3) is 0 Å². The number of alkyl halides is 9. The Hall–Kier alpha value is -1.99. The Morgan fingerprint density at radius 2 is 1.40 bits per heavy atom. The number of carbonyl (C=O) groups is 1. The summed E-state index contributed by atoms with van der Waals surface area (Å²) in [6.07, 6.45) is -7.05. The molecular weight excluding hydrogens is 397 g/mol. The van der Waals surface area contributed by atoms with Gasteiger partial charge in [-0.15, -0.1) is 0 Å². The van der Waals surface area contributed by atoms with Crippen molar-refractivity contribution in [2.45, 2.75) is 23.3 Å². The van der Waals surface area contributed by atoms with E-state index in [9.17, 15) is 52.7 Å². The lowest BCUT2D eigenvalue weighted by molar-refractivity contribution is -0.382. The van der Waals surface area contributed by atoms with Gasteiger partial charge in [0, 0.05) is 11.3 Å². The summed E-state index contributed by atoms with van der Waals surface area (Å²) in [7, 11) is -6.77. The van der Waals surface area contributed by atoms with E-state index in [4.69, 9.17) is 0 Å². The first-order valence-electron chi connectivity index (χ1n) is 5.79. The first-order valence-corrected chi connectivity index (χ1v) is 7.27. The molecule has 0 aliphatic heterocycles. The van der Waals surface area contributed by atoms with Crippen molar-refractivity contribution in [3.63, 3.8) is 0 Å². The zero-order valence-corrected chi connectivity index (χ0v) is 12.2. The summed E-state index contributed by atoms with van der Waals surface area (Å²) in [5, 5.41) is -6.85. The number of carbonyl (C=O) groups excluding carboxylic acids is 1. The van der Waals surface area contributed by atoms with E-state index in [0.717, 1.165) is 16.9 Å². The van der Waals surface area contributed by atoms with Gasteiger partial charge < -0.3 is 0 Å². The fourth-order valence-corrected chi connectivity index (χ4v) is 2.46. The van der Waals surface area contributed by atoms with Gasteiger partial charge in [-0.3, -0.25) is 9.52 Å². The minimum Gasteiger partial charge on any atom is -0.298 e. The highest BCUT2D eigenvalue weighted by molar-refractivity contribution is 7.93. The van der Waals surface area contributed by atoms with Gasteiger partial charge in [-0.05, 0) is 12.1 Å². The SMILES string of the molecule is O=Cc1cccc(NS(=O)(=O)C(F)(F)C(F)(F)C(F)(F)C(F)(F)F)c1. The Morgan fingerprint density at radius 3 is 1.84 bits per heavy atom. The van der Waals surface area contributed by atoms with Crippen LogP contribution in [0.15, 0.2) is 24.3 Å². The highest BCUT2D eigenvalue weighted by atomic mass is 32.2. The number of aldehydes is 1. The topological polar surface area (TPSA) is 63.2 Å². The third-order valence-electron chi connectivity index (χ3n) is 2.73. The van der Waals surface area contributed by atoms with Crippen LogP contribution in [0, 0.1) is 0 Å². The summed E-state index contributed by atoms with van der Waals surface area (Å²) in [4.78, 5) is 10.5. The lowest BCUT2D eigenvalue weighted by atomic mass is 10.1. The summed E-state index contributed by atoms with van der Waals surface area (Å²) >= 11 is 0. The molecule has 0 atom stereocenters. The third kappa shape index (κ3) is 3.39. The predicted octanol–water partition coefficient (Wildman–Crippen LogP) is 3.67. The number of rotatable bonds is 6. The number of halogens is 9. The molecule has 1 N–H and O–H groups in total. The maximum Gasteiger partial charge on any atom is 0.460 e. The molecule has 0 saturated heterocycles. The number of benzene rings is 1. The molecule has 0 aliphatic carbocycles. The number of hydrogen-bond donors (Lipinski definition) is 1. The second-order valence-electron chi connectivity index (χ2n) is 4.51. The molecule has 1 aromatic carbocycles. The van der Waals surface area contributed by atoms with Crippen molar-refractivity contribution >= 4 is 22.0 Å². The van der Waals surface area contributed by atoms with Crippen LogP contribution in [0.4, 0.5) is 45.2 Å². The van der Waals surface area contributed by atoms with E-state index in [1.165, 1.54) is 0 Å². The zero-order chi connectivity index (χ0) is 19.9. The van der Waals surface area contributed by atoms with Crippen LogP contribution in [0.2, 0.25) is 0 Å². The van der Waals surface area contributed by atoms with Crippen molar-refractivity contribution in [1.29, 1.82) is 0 Å².